The summed E-state index contributed by atoms with van der Waals surface area (Å²) in [6, 6.07) is 7.69. The Morgan fingerprint density at radius 2 is 2.00 bits per heavy atom. The lowest BCUT2D eigenvalue weighted by Gasteiger charge is -2.22. The zero-order chi connectivity index (χ0) is 22.9. The van der Waals surface area contributed by atoms with Gasteiger partial charge in [0.15, 0.2) is 11.5 Å². The number of amides is 1. The second-order valence-electron chi connectivity index (χ2n) is 8.81. The fourth-order valence-electron chi connectivity index (χ4n) is 4.44. The molecular weight excluding hydrogens is 418 g/mol. The van der Waals surface area contributed by atoms with E-state index in [-0.39, 0.29) is 5.91 Å². The van der Waals surface area contributed by atoms with E-state index in [1.165, 1.54) is 0 Å². The highest BCUT2D eigenvalue weighted by molar-refractivity contribution is 6.05. The highest BCUT2D eigenvalue weighted by Crippen LogP contribution is 2.26. The second kappa shape index (κ2) is 8.78. The summed E-state index contributed by atoms with van der Waals surface area (Å²) in [5, 5.41) is 18.3. The molecule has 2 aliphatic heterocycles. The molecule has 2 aromatic heterocycles. The normalized spacial score (nSPS) is 20.1. The first-order valence-corrected chi connectivity index (χ1v) is 11.3. The van der Waals surface area contributed by atoms with Crippen molar-refractivity contribution in [2.75, 3.05) is 43.6 Å². The van der Waals surface area contributed by atoms with Gasteiger partial charge in [0.05, 0.1) is 12.1 Å². The number of hydrogen-bond acceptors (Lipinski definition) is 8. The molecule has 33 heavy (non-hydrogen) atoms. The molecule has 5 rings (SSSR count). The van der Waals surface area contributed by atoms with Gasteiger partial charge in [-0.05, 0) is 51.6 Å². The van der Waals surface area contributed by atoms with Gasteiger partial charge in [0.25, 0.3) is 5.91 Å². The lowest BCUT2D eigenvalue weighted by atomic mass is 10.1. The number of nitrogens with one attached hydrogen (secondary N) is 2. The van der Waals surface area contributed by atoms with E-state index < -0.39 is 0 Å². The predicted molar refractivity (Wildman–Crippen MR) is 129 cm³/mol. The number of hydrogen-bond donors (Lipinski definition) is 2. The zero-order valence-corrected chi connectivity index (χ0v) is 19.2. The van der Waals surface area contributed by atoms with Gasteiger partial charge in [0.2, 0.25) is 5.95 Å². The van der Waals surface area contributed by atoms with E-state index in [9.17, 15) is 4.79 Å². The average Bonchev–Trinajstić information content (AvgIpc) is 3.32. The van der Waals surface area contributed by atoms with E-state index in [1.807, 2.05) is 36.3 Å². The zero-order valence-electron chi connectivity index (χ0n) is 19.2. The summed E-state index contributed by atoms with van der Waals surface area (Å²) in [5.41, 5.74) is 3.22. The first-order valence-electron chi connectivity index (χ1n) is 11.3. The Balaban J connectivity index is 1.50. The molecule has 0 spiro atoms. The molecule has 1 amide bonds. The topological polar surface area (TPSA) is 104 Å². The van der Waals surface area contributed by atoms with Crippen LogP contribution in [0.25, 0.3) is 10.9 Å². The molecule has 10 heteroatoms. The van der Waals surface area contributed by atoms with Crippen LogP contribution in [0.15, 0.2) is 35.6 Å². The summed E-state index contributed by atoms with van der Waals surface area (Å²) in [7, 11) is 3.99. The molecule has 0 radical (unpaired) electrons. The van der Waals surface area contributed by atoms with Crippen LogP contribution in [-0.2, 0) is 7.05 Å². The van der Waals surface area contributed by atoms with Crippen molar-refractivity contribution in [2.24, 2.45) is 18.1 Å². The third kappa shape index (κ3) is 4.38. The lowest BCUT2D eigenvalue weighted by molar-refractivity contribution is 0.0948. The van der Waals surface area contributed by atoms with E-state index in [1.54, 1.807) is 10.9 Å². The maximum Gasteiger partial charge on any atom is 0.272 e. The second-order valence-corrected chi connectivity index (χ2v) is 8.81. The minimum Gasteiger partial charge on any atom is -0.351 e. The minimum absolute atomic E-state index is 0.154. The minimum atomic E-state index is -0.154. The molecule has 2 aliphatic rings. The number of anilines is 3. The van der Waals surface area contributed by atoms with Crippen molar-refractivity contribution in [3.8, 4) is 0 Å². The summed E-state index contributed by atoms with van der Waals surface area (Å²) in [6.45, 7) is 5.41. The Bertz CT molecular complexity index is 1220. The van der Waals surface area contributed by atoms with Crippen LogP contribution in [0.3, 0.4) is 0 Å². The quantitative estimate of drug-likeness (QED) is 0.545. The van der Waals surface area contributed by atoms with Gasteiger partial charge in [-0.25, -0.2) is 9.99 Å². The molecular formula is C23H29N9O. The number of nitrogens with zero attached hydrogens (tertiary/aromatic N) is 7. The Kier molecular flexibility index (Phi) is 5.67. The molecule has 0 fully saturated rings. The number of fused-ring (bicyclic) bond motifs is 6. The molecule has 6 bridgehead atoms. The number of rotatable bonds is 0. The van der Waals surface area contributed by atoms with Crippen molar-refractivity contribution in [2.45, 2.75) is 19.8 Å². The Morgan fingerprint density at radius 3 is 2.88 bits per heavy atom. The highest BCUT2D eigenvalue weighted by Gasteiger charge is 2.26. The fourth-order valence-corrected chi connectivity index (χ4v) is 4.44. The Morgan fingerprint density at radius 1 is 1.12 bits per heavy atom. The van der Waals surface area contributed by atoms with Gasteiger partial charge >= 0.3 is 0 Å². The van der Waals surface area contributed by atoms with Crippen molar-refractivity contribution >= 4 is 40.0 Å². The smallest absolute Gasteiger partial charge is 0.272 e. The number of aryl methyl sites for hydroxylation is 1. The molecule has 0 aliphatic carbocycles. The largest absolute Gasteiger partial charge is 0.351 e. The van der Waals surface area contributed by atoms with Crippen molar-refractivity contribution in [3.05, 3.63) is 36.2 Å². The molecule has 0 saturated carbocycles. The monoisotopic (exact) mass is 447 g/mol. The van der Waals surface area contributed by atoms with Crippen molar-refractivity contribution in [3.63, 3.8) is 0 Å². The van der Waals surface area contributed by atoms with Crippen molar-refractivity contribution in [1.82, 2.24) is 30.0 Å². The number of hydrazone groups is 1. The Hall–Kier alpha value is -3.53. The van der Waals surface area contributed by atoms with Gasteiger partial charge in [-0.2, -0.15) is 15.2 Å². The molecule has 2 N–H and O–H groups in total. The first kappa shape index (κ1) is 21.3. The maximum atomic E-state index is 12.9. The van der Waals surface area contributed by atoms with Crippen LogP contribution in [0, 0.1) is 5.92 Å². The van der Waals surface area contributed by atoms with Crippen LogP contribution >= 0.6 is 0 Å². The van der Waals surface area contributed by atoms with Crippen LogP contribution in [-0.4, -0.2) is 69.5 Å². The molecule has 172 valence electrons. The first-order chi connectivity index (χ1) is 16.0. The van der Waals surface area contributed by atoms with Crippen LogP contribution < -0.4 is 15.6 Å². The average molecular weight is 448 g/mol. The number of aromatic nitrogens is 4. The molecule has 1 atom stereocenters. The summed E-state index contributed by atoms with van der Waals surface area (Å²) < 4.78 is 1.73. The molecule has 4 heterocycles. The van der Waals surface area contributed by atoms with E-state index >= 15 is 0 Å². The van der Waals surface area contributed by atoms with E-state index in [4.69, 9.17) is 5.10 Å². The number of carbonyl (C=O) groups excluding carboxylic acids is 1. The summed E-state index contributed by atoms with van der Waals surface area (Å²) in [6.07, 6.45) is 3.66. The molecule has 1 unspecified atom stereocenters. The lowest BCUT2D eigenvalue weighted by Crippen LogP contribution is -2.32. The van der Waals surface area contributed by atoms with E-state index in [0.717, 1.165) is 60.6 Å². The van der Waals surface area contributed by atoms with Gasteiger partial charge in [0, 0.05) is 55.1 Å². The standard InChI is InChI=1S/C23H29N9O/c1-15-16-13-30(2)11-5-4-9-24-22(33)21-18-12-17(6-7-19(18)31(3)29-21)26-23-25-10-8-20(27-23)32(14-16)28-15/h6-8,10,12,16H,4-5,9,11,13-14H2,1-3H3,(H,24,33)(H,25,26,27). The number of carbonyl (C=O) groups is 1. The fraction of sp³-hybridized carbons (Fsp3) is 0.435. The summed E-state index contributed by atoms with van der Waals surface area (Å²) >= 11 is 0. The van der Waals surface area contributed by atoms with E-state index in [2.05, 4.69) is 44.6 Å². The molecule has 10 nitrogen and oxygen atoms in total. The maximum absolute atomic E-state index is 12.9. The van der Waals surface area contributed by atoms with E-state index in [0.29, 0.717) is 24.1 Å². The van der Waals surface area contributed by atoms with Crippen LogP contribution in [0.5, 0.6) is 0 Å². The van der Waals surface area contributed by atoms with Gasteiger partial charge in [-0.3, -0.25) is 9.48 Å². The SMILES string of the molecule is CC1=NN2CC1CN(C)CCCCNC(=O)c1nn(C)c3ccc(cc13)Nc1nccc2n1. The van der Waals surface area contributed by atoms with Crippen LogP contribution in [0.2, 0.25) is 0 Å². The molecule has 0 saturated heterocycles. The number of benzene rings is 1. The van der Waals surface area contributed by atoms with Crippen LogP contribution in [0.4, 0.5) is 17.5 Å². The summed E-state index contributed by atoms with van der Waals surface area (Å²) in [4.78, 5) is 24.3. The van der Waals surface area contributed by atoms with Gasteiger partial charge in [-0.15, -0.1) is 0 Å². The highest BCUT2D eigenvalue weighted by atomic mass is 16.1. The third-order valence-electron chi connectivity index (χ3n) is 6.27. The Labute approximate surface area is 192 Å². The van der Waals surface area contributed by atoms with Crippen molar-refractivity contribution < 1.29 is 4.79 Å². The van der Waals surface area contributed by atoms with Crippen LogP contribution in [0.1, 0.15) is 30.3 Å². The predicted octanol–water partition coefficient (Wildman–Crippen LogP) is 2.37. The third-order valence-corrected chi connectivity index (χ3v) is 6.27. The summed E-state index contributed by atoms with van der Waals surface area (Å²) in [5.74, 6) is 1.44. The van der Waals surface area contributed by atoms with Crippen molar-refractivity contribution in [1.29, 1.82) is 0 Å². The van der Waals surface area contributed by atoms with Gasteiger partial charge in [-0.1, -0.05) is 0 Å². The van der Waals surface area contributed by atoms with Gasteiger partial charge in [0.1, 0.15) is 0 Å². The van der Waals surface area contributed by atoms with Gasteiger partial charge < -0.3 is 15.5 Å². The molecule has 3 aromatic rings. The molecule has 1 aromatic carbocycles.